The van der Waals surface area contributed by atoms with Gasteiger partial charge in [0.1, 0.15) is 0 Å². The zero-order chi connectivity index (χ0) is 18.8. The molecule has 1 aliphatic heterocycles. The van der Waals surface area contributed by atoms with Crippen molar-refractivity contribution in [1.29, 1.82) is 0 Å². The molecule has 138 valence electrons. The average Bonchev–Trinajstić information content (AvgIpc) is 3.16. The van der Waals surface area contributed by atoms with Crippen molar-refractivity contribution in [2.24, 2.45) is 0 Å². The van der Waals surface area contributed by atoms with Gasteiger partial charge in [-0.15, -0.1) is 0 Å². The van der Waals surface area contributed by atoms with E-state index < -0.39 is 0 Å². The minimum Gasteiger partial charge on any atom is -0.341 e. The summed E-state index contributed by atoms with van der Waals surface area (Å²) in [6.45, 7) is 5.92. The standard InChI is InChI=1S/C20H22N6O/c1-13-6-5-7-15(10-13)23-19-24-17(11-18(27)25-19)16-12-21-20(22-14(16)2)26-8-3-4-9-26/h5-7,10-12H,3-4,8-9H2,1-2H3,(H2,23,24,25,27). The van der Waals surface area contributed by atoms with Gasteiger partial charge in [-0.2, -0.15) is 0 Å². The predicted octanol–water partition coefficient (Wildman–Crippen LogP) is 3.19. The first-order valence-electron chi connectivity index (χ1n) is 9.12. The van der Waals surface area contributed by atoms with Gasteiger partial charge in [0.25, 0.3) is 5.56 Å². The number of rotatable bonds is 4. The molecule has 0 bridgehead atoms. The summed E-state index contributed by atoms with van der Waals surface area (Å²) in [5.41, 5.74) is 3.90. The van der Waals surface area contributed by atoms with Crippen LogP contribution in [0.4, 0.5) is 17.6 Å². The van der Waals surface area contributed by atoms with E-state index in [2.05, 4.69) is 30.2 Å². The van der Waals surface area contributed by atoms with Gasteiger partial charge in [-0.25, -0.2) is 15.0 Å². The topological polar surface area (TPSA) is 86.8 Å². The van der Waals surface area contributed by atoms with Gasteiger partial charge in [0, 0.05) is 36.6 Å². The van der Waals surface area contributed by atoms with Crippen LogP contribution in [0.2, 0.25) is 0 Å². The van der Waals surface area contributed by atoms with Crippen LogP contribution in [0.25, 0.3) is 11.3 Å². The van der Waals surface area contributed by atoms with Crippen molar-refractivity contribution in [3.05, 3.63) is 58.1 Å². The van der Waals surface area contributed by atoms with Crippen molar-refractivity contribution in [3.8, 4) is 11.3 Å². The second kappa shape index (κ2) is 7.19. The molecular weight excluding hydrogens is 340 g/mol. The molecule has 1 aliphatic rings. The van der Waals surface area contributed by atoms with E-state index in [0.717, 1.165) is 41.5 Å². The molecule has 1 saturated heterocycles. The van der Waals surface area contributed by atoms with Crippen molar-refractivity contribution in [3.63, 3.8) is 0 Å². The Hall–Kier alpha value is -3.22. The molecule has 2 aromatic heterocycles. The molecule has 0 spiro atoms. The third-order valence-corrected chi connectivity index (χ3v) is 4.65. The maximum atomic E-state index is 12.1. The summed E-state index contributed by atoms with van der Waals surface area (Å²) < 4.78 is 0. The first-order chi connectivity index (χ1) is 13.1. The van der Waals surface area contributed by atoms with Crippen molar-refractivity contribution in [2.45, 2.75) is 26.7 Å². The van der Waals surface area contributed by atoms with E-state index >= 15 is 0 Å². The predicted molar refractivity (Wildman–Crippen MR) is 107 cm³/mol. The normalized spacial score (nSPS) is 13.8. The second-order valence-corrected chi connectivity index (χ2v) is 6.84. The van der Waals surface area contributed by atoms with Crippen LogP contribution in [0.15, 0.2) is 41.3 Å². The minimum absolute atomic E-state index is 0.224. The third kappa shape index (κ3) is 3.81. The Labute approximate surface area is 157 Å². The van der Waals surface area contributed by atoms with Crippen LogP contribution >= 0.6 is 0 Å². The Morgan fingerprint density at radius 3 is 2.67 bits per heavy atom. The summed E-state index contributed by atoms with van der Waals surface area (Å²) >= 11 is 0. The molecule has 7 nitrogen and oxygen atoms in total. The van der Waals surface area contributed by atoms with Crippen LogP contribution in [0.1, 0.15) is 24.1 Å². The number of aromatic nitrogens is 4. The Balaban J connectivity index is 1.65. The van der Waals surface area contributed by atoms with Gasteiger partial charge < -0.3 is 10.2 Å². The number of aryl methyl sites for hydroxylation is 2. The molecule has 1 aromatic carbocycles. The molecule has 2 N–H and O–H groups in total. The highest BCUT2D eigenvalue weighted by Gasteiger charge is 2.17. The molecule has 0 saturated carbocycles. The largest absolute Gasteiger partial charge is 0.341 e. The molecule has 4 rings (SSSR count). The van der Waals surface area contributed by atoms with Gasteiger partial charge in [0.2, 0.25) is 11.9 Å². The van der Waals surface area contributed by atoms with E-state index in [1.54, 1.807) is 6.20 Å². The molecule has 3 heterocycles. The molecule has 7 heteroatoms. The number of hydrogen-bond donors (Lipinski definition) is 2. The lowest BCUT2D eigenvalue weighted by Crippen LogP contribution is -2.20. The molecule has 27 heavy (non-hydrogen) atoms. The highest BCUT2D eigenvalue weighted by atomic mass is 16.1. The summed E-state index contributed by atoms with van der Waals surface area (Å²) in [5.74, 6) is 1.14. The quantitative estimate of drug-likeness (QED) is 0.741. The van der Waals surface area contributed by atoms with Crippen molar-refractivity contribution in [1.82, 2.24) is 19.9 Å². The van der Waals surface area contributed by atoms with E-state index in [0.29, 0.717) is 11.6 Å². The SMILES string of the molecule is Cc1cccc(Nc2nc(-c3cnc(N4CCCC4)nc3C)cc(=O)[nH]2)c1. The van der Waals surface area contributed by atoms with Crippen molar-refractivity contribution < 1.29 is 0 Å². The van der Waals surface area contributed by atoms with Gasteiger partial charge in [-0.05, 0) is 44.4 Å². The van der Waals surface area contributed by atoms with E-state index in [9.17, 15) is 4.79 Å². The number of aromatic amines is 1. The first-order valence-corrected chi connectivity index (χ1v) is 9.12. The molecular formula is C20H22N6O. The number of nitrogens with zero attached hydrogens (tertiary/aromatic N) is 4. The third-order valence-electron chi connectivity index (χ3n) is 4.65. The van der Waals surface area contributed by atoms with Gasteiger partial charge in [0.15, 0.2) is 0 Å². The monoisotopic (exact) mass is 362 g/mol. The Morgan fingerprint density at radius 2 is 1.93 bits per heavy atom. The van der Waals surface area contributed by atoms with Crippen LogP contribution < -0.4 is 15.8 Å². The first kappa shape index (κ1) is 17.2. The van der Waals surface area contributed by atoms with Crippen LogP contribution in [0.3, 0.4) is 0 Å². The van der Waals surface area contributed by atoms with E-state index in [1.807, 2.05) is 38.1 Å². The van der Waals surface area contributed by atoms with Gasteiger partial charge in [-0.1, -0.05) is 12.1 Å². The van der Waals surface area contributed by atoms with Gasteiger partial charge in [-0.3, -0.25) is 9.78 Å². The number of anilines is 3. The van der Waals surface area contributed by atoms with Crippen LogP contribution in [0, 0.1) is 13.8 Å². The fourth-order valence-electron chi connectivity index (χ4n) is 3.29. The van der Waals surface area contributed by atoms with Gasteiger partial charge in [0.05, 0.1) is 11.4 Å². The summed E-state index contributed by atoms with van der Waals surface area (Å²) in [5, 5.41) is 3.16. The van der Waals surface area contributed by atoms with Crippen LogP contribution in [-0.4, -0.2) is 33.0 Å². The lowest BCUT2D eigenvalue weighted by molar-refractivity contribution is 0.889. The summed E-state index contributed by atoms with van der Waals surface area (Å²) in [7, 11) is 0. The van der Waals surface area contributed by atoms with E-state index in [-0.39, 0.29) is 5.56 Å². The molecule has 0 atom stereocenters. The fraction of sp³-hybridized carbons (Fsp3) is 0.300. The zero-order valence-electron chi connectivity index (χ0n) is 15.5. The average molecular weight is 362 g/mol. The lowest BCUT2D eigenvalue weighted by atomic mass is 10.2. The molecule has 0 unspecified atom stereocenters. The number of nitrogens with one attached hydrogen (secondary N) is 2. The summed E-state index contributed by atoms with van der Waals surface area (Å²) in [6.07, 6.45) is 4.11. The molecule has 0 radical (unpaired) electrons. The number of hydrogen-bond acceptors (Lipinski definition) is 6. The Kier molecular flexibility index (Phi) is 4.58. The molecule has 0 amide bonds. The molecule has 1 fully saturated rings. The summed E-state index contributed by atoms with van der Waals surface area (Å²) in [4.78, 5) is 30.7. The fourth-order valence-corrected chi connectivity index (χ4v) is 3.29. The highest BCUT2D eigenvalue weighted by molar-refractivity contribution is 5.64. The molecule has 3 aromatic rings. The van der Waals surface area contributed by atoms with E-state index in [1.165, 1.54) is 18.9 Å². The maximum Gasteiger partial charge on any atom is 0.252 e. The zero-order valence-corrected chi connectivity index (χ0v) is 15.5. The van der Waals surface area contributed by atoms with Gasteiger partial charge >= 0.3 is 0 Å². The van der Waals surface area contributed by atoms with Crippen molar-refractivity contribution in [2.75, 3.05) is 23.3 Å². The second-order valence-electron chi connectivity index (χ2n) is 6.84. The smallest absolute Gasteiger partial charge is 0.252 e. The lowest BCUT2D eigenvalue weighted by Gasteiger charge is -2.16. The summed E-state index contributed by atoms with van der Waals surface area (Å²) in [6, 6.07) is 9.36. The molecule has 0 aliphatic carbocycles. The van der Waals surface area contributed by atoms with E-state index in [4.69, 9.17) is 0 Å². The van der Waals surface area contributed by atoms with Crippen LogP contribution in [0.5, 0.6) is 0 Å². The van der Waals surface area contributed by atoms with Crippen molar-refractivity contribution >= 4 is 17.6 Å². The maximum absolute atomic E-state index is 12.1. The highest BCUT2D eigenvalue weighted by Crippen LogP contribution is 2.23. The number of benzene rings is 1. The van der Waals surface area contributed by atoms with Crippen LogP contribution in [-0.2, 0) is 0 Å². The Bertz CT molecular complexity index is 1020. The Morgan fingerprint density at radius 1 is 1.11 bits per heavy atom. The minimum atomic E-state index is -0.224. The number of H-pyrrole nitrogens is 1.